The van der Waals surface area contributed by atoms with E-state index < -0.39 is 11.6 Å². The van der Waals surface area contributed by atoms with Crippen LogP contribution in [0.4, 0.5) is 8.78 Å². The molecule has 0 bridgehead atoms. The highest BCUT2D eigenvalue weighted by Gasteiger charge is 2.16. The van der Waals surface area contributed by atoms with Crippen LogP contribution in [0.5, 0.6) is 0 Å². The van der Waals surface area contributed by atoms with Gasteiger partial charge in [-0.1, -0.05) is 12.1 Å². The number of thioether (sulfide) groups is 1. The lowest BCUT2D eigenvalue weighted by atomic mass is 10.1. The predicted molar refractivity (Wildman–Crippen MR) is 102 cm³/mol. The second-order valence-corrected chi connectivity index (χ2v) is 7.02. The normalized spacial score (nSPS) is 12.3. The molecule has 0 amide bonds. The van der Waals surface area contributed by atoms with Crippen molar-refractivity contribution < 1.29 is 8.78 Å². The van der Waals surface area contributed by atoms with Crippen LogP contribution in [0, 0.1) is 18.6 Å². The Kier molecular flexibility index (Phi) is 5.74. The highest BCUT2D eigenvalue weighted by atomic mass is 32.2. The molecule has 1 atom stereocenters. The average Bonchev–Trinajstić information content (AvgIpc) is 3.01. The molecule has 26 heavy (non-hydrogen) atoms. The summed E-state index contributed by atoms with van der Waals surface area (Å²) in [6.45, 7) is 4.66. The number of rotatable bonds is 6. The summed E-state index contributed by atoms with van der Waals surface area (Å²) in [6, 6.07) is 12.0. The fourth-order valence-corrected chi connectivity index (χ4v) is 3.28. The van der Waals surface area contributed by atoms with Gasteiger partial charge in [0.2, 0.25) is 0 Å². The topological polar surface area (TPSA) is 29.9 Å². The fourth-order valence-electron chi connectivity index (χ4n) is 2.87. The minimum absolute atomic E-state index is 0.0486. The Morgan fingerprint density at radius 2 is 1.88 bits per heavy atom. The molecule has 3 aromatic rings. The maximum absolute atomic E-state index is 14.0. The first-order valence-corrected chi connectivity index (χ1v) is 9.58. The first-order valence-electron chi connectivity index (χ1n) is 8.36. The second kappa shape index (κ2) is 8.01. The van der Waals surface area contributed by atoms with E-state index in [4.69, 9.17) is 0 Å². The summed E-state index contributed by atoms with van der Waals surface area (Å²) in [5, 5.41) is 7.75. The Hall–Kier alpha value is -2.18. The van der Waals surface area contributed by atoms with Gasteiger partial charge in [-0.05, 0) is 49.9 Å². The Morgan fingerprint density at radius 3 is 2.54 bits per heavy atom. The fraction of sp³-hybridized carbons (Fsp3) is 0.250. The molecular weight excluding hydrogens is 352 g/mol. The number of hydrogen-bond acceptors (Lipinski definition) is 3. The van der Waals surface area contributed by atoms with Gasteiger partial charge in [-0.15, -0.1) is 11.8 Å². The summed E-state index contributed by atoms with van der Waals surface area (Å²) in [4.78, 5) is 1.24. The molecule has 0 fully saturated rings. The molecule has 0 saturated heterocycles. The Bertz CT molecular complexity index is 891. The maximum atomic E-state index is 14.0. The van der Waals surface area contributed by atoms with Crippen molar-refractivity contribution in [1.82, 2.24) is 15.1 Å². The second-order valence-electron chi connectivity index (χ2n) is 6.14. The van der Waals surface area contributed by atoms with Gasteiger partial charge >= 0.3 is 0 Å². The highest BCUT2D eigenvalue weighted by molar-refractivity contribution is 7.98. The number of aromatic nitrogens is 2. The summed E-state index contributed by atoms with van der Waals surface area (Å²) < 4.78 is 28.7. The van der Waals surface area contributed by atoms with Gasteiger partial charge < -0.3 is 5.32 Å². The van der Waals surface area contributed by atoms with E-state index in [-0.39, 0.29) is 11.7 Å². The van der Waals surface area contributed by atoms with Crippen LogP contribution >= 0.6 is 11.8 Å². The van der Waals surface area contributed by atoms with Crippen LogP contribution in [-0.2, 0) is 6.54 Å². The quantitative estimate of drug-likeness (QED) is 0.615. The molecule has 3 rings (SSSR count). The van der Waals surface area contributed by atoms with Gasteiger partial charge in [-0.3, -0.25) is 0 Å². The summed E-state index contributed by atoms with van der Waals surface area (Å²) in [5.74, 6) is -1.23. The van der Waals surface area contributed by atoms with E-state index in [0.717, 1.165) is 23.9 Å². The summed E-state index contributed by atoms with van der Waals surface area (Å²) in [7, 11) is 0. The van der Waals surface area contributed by atoms with Gasteiger partial charge in [0.05, 0.1) is 6.20 Å². The van der Waals surface area contributed by atoms with Gasteiger partial charge in [0, 0.05) is 34.8 Å². The summed E-state index contributed by atoms with van der Waals surface area (Å²) in [5.41, 5.74) is 3.25. The maximum Gasteiger partial charge on any atom is 0.151 e. The Balaban J connectivity index is 1.73. The van der Waals surface area contributed by atoms with Gasteiger partial charge in [-0.2, -0.15) is 5.10 Å². The lowest BCUT2D eigenvalue weighted by molar-refractivity contribution is 0.566. The zero-order valence-electron chi connectivity index (χ0n) is 15.0. The highest BCUT2D eigenvalue weighted by Crippen LogP contribution is 2.23. The van der Waals surface area contributed by atoms with E-state index in [1.165, 1.54) is 27.3 Å². The SMILES string of the molecule is CSc1ccc(CN[C@@H](C)c2cnn(-c3ccc(F)cc3F)c2C)cc1. The number of halogens is 2. The predicted octanol–water partition coefficient (Wildman–Crippen LogP) is 5.03. The van der Waals surface area contributed by atoms with Crippen LogP contribution in [0.2, 0.25) is 0 Å². The first kappa shape index (κ1) is 18.6. The molecule has 136 valence electrons. The molecule has 0 unspecified atom stereocenters. The molecule has 0 spiro atoms. The van der Waals surface area contributed by atoms with Crippen molar-refractivity contribution in [3.63, 3.8) is 0 Å². The zero-order chi connectivity index (χ0) is 18.7. The third-order valence-electron chi connectivity index (χ3n) is 4.42. The number of benzene rings is 2. The molecule has 0 aliphatic carbocycles. The van der Waals surface area contributed by atoms with Crippen LogP contribution in [0.25, 0.3) is 5.69 Å². The standard InChI is InChI=1S/C20H21F2N3S/c1-13(23-11-15-4-7-17(26-3)8-5-15)18-12-24-25(14(18)2)20-9-6-16(21)10-19(20)22/h4-10,12-13,23H,11H2,1-3H3/t13-/m0/s1. The summed E-state index contributed by atoms with van der Waals surface area (Å²) >= 11 is 1.72. The average molecular weight is 373 g/mol. The lowest BCUT2D eigenvalue weighted by Gasteiger charge is -2.14. The van der Waals surface area contributed by atoms with E-state index in [1.54, 1.807) is 18.0 Å². The van der Waals surface area contributed by atoms with Gasteiger partial charge in [-0.25, -0.2) is 13.5 Å². The van der Waals surface area contributed by atoms with Crippen LogP contribution in [0.15, 0.2) is 53.6 Å². The van der Waals surface area contributed by atoms with E-state index in [1.807, 2.05) is 13.8 Å². The van der Waals surface area contributed by atoms with Crippen molar-refractivity contribution in [2.75, 3.05) is 6.26 Å². The van der Waals surface area contributed by atoms with E-state index >= 15 is 0 Å². The number of hydrogen-bond donors (Lipinski definition) is 1. The van der Waals surface area contributed by atoms with Crippen molar-refractivity contribution in [3.05, 3.63) is 77.1 Å². The zero-order valence-corrected chi connectivity index (χ0v) is 15.8. The van der Waals surface area contributed by atoms with Crippen LogP contribution in [0.1, 0.15) is 29.8 Å². The third-order valence-corrected chi connectivity index (χ3v) is 5.17. The minimum Gasteiger partial charge on any atom is -0.306 e. The number of nitrogens with zero attached hydrogens (tertiary/aromatic N) is 2. The monoisotopic (exact) mass is 373 g/mol. The molecule has 3 nitrogen and oxygen atoms in total. The Labute approximate surface area is 156 Å². The largest absolute Gasteiger partial charge is 0.306 e. The third kappa shape index (κ3) is 3.97. The van der Waals surface area contributed by atoms with Crippen molar-refractivity contribution in [1.29, 1.82) is 0 Å². The van der Waals surface area contributed by atoms with Gasteiger partial charge in [0.15, 0.2) is 5.82 Å². The molecule has 0 radical (unpaired) electrons. The first-order chi connectivity index (χ1) is 12.5. The molecule has 0 aliphatic heterocycles. The smallest absolute Gasteiger partial charge is 0.151 e. The molecule has 0 aliphatic rings. The number of nitrogens with one attached hydrogen (secondary N) is 1. The van der Waals surface area contributed by atoms with Crippen molar-refractivity contribution in [3.8, 4) is 5.69 Å². The molecule has 2 aromatic carbocycles. The van der Waals surface area contributed by atoms with Crippen LogP contribution in [-0.4, -0.2) is 16.0 Å². The molecule has 6 heteroatoms. The molecule has 1 heterocycles. The van der Waals surface area contributed by atoms with E-state index in [2.05, 4.69) is 40.9 Å². The van der Waals surface area contributed by atoms with Crippen molar-refractivity contribution in [2.24, 2.45) is 0 Å². The summed E-state index contributed by atoms with van der Waals surface area (Å²) in [6.07, 6.45) is 3.78. The molecule has 1 N–H and O–H groups in total. The Morgan fingerprint density at radius 1 is 1.15 bits per heavy atom. The molecular formula is C20H21F2N3S. The lowest BCUT2D eigenvalue weighted by Crippen LogP contribution is -2.18. The molecule has 1 aromatic heterocycles. The van der Waals surface area contributed by atoms with Crippen molar-refractivity contribution >= 4 is 11.8 Å². The van der Waals surface area contributed by atoms with Gasteiger partial charge in [0.1, 0.15) is 11.5 Å². The van der Waals surface area contributed by atoms with Crippen LogP contribution < -0.4 is 5.32 Å². The molecule has 0 saturated carbocycles. The van der Waals surface area contributed by atoms with Crippen LogP contribution in [0.3, 0.4) is 0 Å². The van der Waals surface area contributed by atoms with Gasteiger partial charge in [0.25, 0.3) is 0 Å². The van der Waals surface area contributed by atoms with E-state index in [0.29, 0.717) is 0 Å². The minimum atomic E-state index is -0.628. The van der Waals surface area contributed by atoms with E-state index in [9.17, 15) is 8.78 Å². The van der Waals surface area contributed by atoms with Crippen molar-refractivity contribution in [2.45, 2.75) is 31.3 Å².